The smallest absolute Gasteiger partial charge is 0.277 e. The Morgan fingerprint density at radius 2 is 2.19 bits per heavy atom. The summed E-state index contributed by atoms with van der Waals surface area (Å²) in [5, 5.41) is 17.5. The molecule has 6 heteroatoms. The van der Waals surface area contributed by atoms with E-state index in [0.717, 1.165) is 4.68 Å². The van der Waals surface area contributed by atoms with Crippen LogP contribution in [-0.4, -0.2) is 32.7 Å². The molecular formula is C10H12N4O2. The predicted molar refractivity (Wildman–Crippen MR) is 58.9 cm³/mol. The first kappa shape index (κ1) is 10.7. The van der Waals surface area contributed by atoms with E-state index < -0.39 is 6.10 Å². The normalized spacial score (nSPS) is 12.9. The highest BCUT2D eigenvalue weighted by Crippen LogP contribution is 2.03. The Morgan fingerprint density at radius 1 is 1.44 bits per heavy atom. The third-order valence-corrected chi connectivity index (χ3v) is 2.29. The van der Waals surface area contributed by atoms with Gasteiger partial charge in [0.2, 0.25) is 0 Å². The molecule has 16 heavy (non-hydrogen) atoms. The first-order valence-corrected chi connectivity index (χ1v) is 4.93. The van der Waals surface area contributed by atoms with Gasteiger partial charge in [0, 0.05) is 6.54 Å². The van der Waals surface area contributed by atoms with Gasteiger partial charge in [-0.3, -0.25) is 4.79 Å². The second kappa shape index (κ2) is 4.38. The molecule has 0 aliphatic carbocycles. The zero-order valence-electron chi connectivity index (χ0n) is 8.58. The summed E-state index contributed by atoms with van der Waals surface area (Å²) in [7, 11) is 0. The molecule has 0 aliphatic heterocycles. The third-order valence-electron chi connectivity index (χ3n) is 2.29. The molecule has 0 saturated heterocycles. The molecule has 2 aromatic rings. The lowest BCUT2D eigenvalue weighted by molar-refractivity contribution is 0.154. The Balaban J connectivity index is 2.49. The van der Waals surface area contributed by atoms with E-state index in [-0.39, 0.29) is 18.6 Å². The number of aliphatic hydroxyl groups is 1. The highest BCUT2D eigenvalue weighted by Gasteiger charge is 2.08. The Bertz CT molecular complexity index is 552. The van der Waals surface area contributed by atoms with E-state index in [4.69, 9.17) is 5.73 Å². The zero-order chi connectivity index (χ0) is 11.5. The fourth-order valence-electron chi connectivity index (χ4n) is 1.42. The predicted octanol–water partition coefficient (Wildman–Crippen LogP) is -0.889. The van der Waals surface area contributed by atoms with Crippen LogP contribution in [0.4, 0.5) is 0 Å². The van der Waals surface area contributed by atoms with E-state index in [1.165, 1.54) is 0 Å². The van der Waals surface area contributed by atoms with Crippen LogP contribution in [0, 0.1) is 0 Å². The molecule has 0 bridgehead atoms. The monoisotopic (exact) mass is 220 g/mol. The van der Waals surface area contributed by atoms with Crippen molar-refractivity contribution in [1.82, 2.24) is 15.0 Å². The molecule has 1 aromatic carbocycles. The van der Waals surface area contributed by atoms with Crippen molar-refractivity contribution in [2.24, 2.45) is 5.73 Å². The Hall–Kier alpha value is -1.79. The minimum atomic E-state index is -0.784. The molecule has 0 saturated carbocycles. The van der Waals surface area contributed by atoms with E-state index in [2.05, 4.69) is 10.3 Å². The van der Waals surface area contributed by atoms with E-state index in [1.54, 1.807) is 24.3 Å². The number of aliphatic hydroxyl groups excluding tert-OH is 1. The molecule has 0 fully saturated rings. The fraction of sp³-hybridized carbons (Fsp3) is 0.300. The van der Waals surface area contributed by atoms with Gasteiger partial charge in [-0.25, -0.2) is 4.68 Å². The number of aromatic nitrogens is 3. The number of rotatable bonds is 3. The number of nitrogens with two attached hydrogens (primary N) is 1. The van der Waals surface area contributed by atoms with Crippen LogP contribution in [0.25, 0.3) is 10.9 Å². The number of fused-ring (bicyclic) bond motifs is 1. The van der Waals surface area contributed by atoms with Crippen molar-refractivity contribution in [2.45, 2.75) is 12.6 Å². The van der Waals surface area contributed by atoms with Crippen molar-refractivity contribution in [2.75, 3.05) is 6.54 Å². The van der Waals surface area contributed by atoms with Crippen LogP contribution in [-0.2, 0) is 6.54 Å². The lowest BCUT2D eigenvalue weighted by atomic mass is 10.2. The van der Waals surface area contributed by atoms with Gasteiger partial charge in [-0.2, -0.15) is 0 Å². The summed E-state index contributed by atoms with van der Waals surface area (Å²) in [5.74, 6) is 0. The highest BCUT2D eigenvalue weighted by atomic mass is 16.3. The molecule has 0 aliphatic rings. The molecule has 0 radical (unpaired) electrons. The van der Waals surface area contributed by atoms with Crippen LogP contribution in [0.5, 0.6) is 0 Å². The van der Waals surface area contributed by atoms with Crippen molar-refractivity contribution < 1.29 is 5.11 Å². The SMILES string of the molecule is NCC(O)Cn1nnc2ccccc2c1=O. The van der Waals surface area contributed by atoms with Crippen molar-refractivity contribution in [3.63, 3.8) is 0 Å². The van der Waals surface area contributed by atoms with E-state index in [9.17, 15) is 9.90 Å². The molecule has 84 valence electrons. The number of benzene rings is 1. The lowest BCUT2D eigenvalue weighted by Crippen LogP contribution is -2.33. The fourth-order valence-corrected chi connectivity index (χ4v) is 1.42. The van der Waals surface area contributed by atoms with Gasteiger partial charge in [-0.1, -0.05) is 17.3 Å². The van der Waals surface area contributed by atoms with E-state index in [1.807, 2.05) is 0 Å². The molecular weight excluding hydrogens is 208 g/mol. The molecule has 1 unspecified atom stereocenters. The van der Waals surface area contributed by atoms with Gasteiger partial charge in [0.1, 0.15) is 5.52 Å². The van der Waals surface area contributed by atoms with Gasteiger partial charge in [-0.15, -0.1) is 5.10 Å². The van der Waals surface area contributed by atoms with Crippen LogP contribution in [0.15, 0.2) is 29.1 Å². The Morgan fingerprint density at radius 3 is 2.94 bits per heavy atom. The van der Waals surface area contributed by atoms with Crippen molar-refractivity contribution in [1.29, 1.82) is 0 Å². The summed E-state index contributed by atoms with van der Waals surface area (Å²) in [5.41, 5.74) is 5.55. The largest absolute Gasteiger partial charge is 0.390 e. The first-order valence-electron chi connectivity index (χ1n) is 4.93. The maximum Gasteiger partial charge on any atom is 0.277 e. The van der Waals surface area contributed by atoms with Gasteiger partial charge in [0.25, 0.3) is 5.56 Å². The maximum absolute atomic E-state index is 11.9. The molecule has 3 N–H and O–H groups in total. The van der Waals surface area contributed by atoms with Crippen LogP contribution >= 0.6 is 0 Å². The summed E-state index contributed by atoms with van der Waals surface area (Å²) in [6, 6.07) is 6.94. The van der Waals surface area contributed by atoms with Crippen molar-refractivity contribution >= 4 is 10.9 Å². The highest BCUT2D eigenvalue weighted by molar-refractivity contribution is 5.76. The summed E-state index contributed by atoms with van der Waals surface area (Å²) in [4.78, 5) is 11.9. The Kier molecular flexibility index (Phi) is 2.93. The van der Waals surface area contributed by atoms with Gasteiger partial charge in [-0.05, 0) is 12.1 Å². The van der Waals surface area contributed by atoms with Gasteiger partial charge < -0.3 is 10.8 Å². The standard InChI is InChI=1S/C10H12N4O2/c11-5-7(15)6-14-10(16)8-3-1-2-4-9(8)12-13-14/h1-4,7,15H,5-6,11H2. The molecule has 0 amide bonds. The van der Waals surface area contributed by atoms with Crippen molar-refractivity contribution in [3.8, 4) is 0 Å². The lowest BCUT2D eigenvalue weighted by Gasteiger charge is -2.08. The average molecular weight is 220 g/mol. The summed E-state index contributed by atoms with van der Waals surface area (Å²) in [6.07, 6.45) is -0.784. The molecule has 1 atom stereocenters. The Labute approximate surface area is 91.3 Å². The molecule has 6 nitrogen and oxygen atoms in total. The number of hydrogen-bond donors (Lipinski definition) is 2. The summed E-state index contributed by atoms with van der Waals surface area (Å²) in [6.45, 7) is 0.147. The van der Waals surface area contributed by atoms with Crippen LogP contribution in [0.3, 0.4) is 0 Å². The third kappa shape index (κ3) is 1.93. The first-order chi connectivity index (χ1) is 7.72. The minimum absolute atomic E-state index is 0.0627. The minimum Gasteiger partial charge on any atom is -0.390 e. The van der Waals surface area contributed by atoms with E-state index in [0.29, 0.717) is 10.9 Å². The maximum atomic E-state index is 11.9. The molecule has 1 heterocycles. The van der Waals surface area contributed by atoms with Gasteiger partial charge >= 0.3 is 0 Å². The topological polar surface area (TPSA) is 94.0 Å². The second-order valence-electron chi connectivity index (χ2n) is 3.48. The second-order valence-corrected chi connectivity index (χ2v) is 3.48. The zero-order valence-corrected chi connectivity index (χ0v) is 8.58. The molecule has 1 aromatic heterocycles. The van der Waals surface area contributed by atoms with Crippen LogP contribution in [0.1, 0.15) is 0 Å². The average Bonchev–Trinajstić information content (AvgIpc) is 2.33. The quantitative estimate of drug-likeness (QED) is 0.700. The van der Waals surface area contributed by atoms with Gasteiger partial charge in [0.05, 0.1) is 18.0 Å². The van der Waals surface area contributed by atoms with E-state index >= 15 is 0 Å². The summed E-state index contributed by atoms with van der Waals surface area (Å²) >= 11 is 0. The number of hydrogen-bond acceptors (Lipinski definition) is 5. The molecule has 0 spiro atoms. The van der Waals surface area contributed by atoms with Crippen molar-refractivity contribution in [3.05, 3.63) is 34.6 Å². The van der Waals surface area contributed by atoms with Crippen LogP contribution in [0.2, 0.25) is 0 Å². The summed E-state index contributed by atoms with van der Waals surface area (Å²) < 4.78 is 1.12. The van der Waals surface area contributed by atoms with Gasteiger partial charge in [0.15, 0.2) is 0 Å². The van der Waals surface area contributed by atoms with Crippen LogP contribution < -0.4 is 11.3 Å². The number of nitrogens with zero attached hydrogens (tertiary/aromatic N) is 3. The molecule has 2 rings (SSSR count).